The Morgan fingerprint density at radius 2 is 0.804 bits per heavy atom. The fraction of sp³-hybridized carbons (Fsp3) is 1.00. The number of halogens is 4. The summed E-state index contributed by atoms with van der Waals surface area (Å²) < 4.78 is -1.49. The minimum Gasteiger partial charge on any atom is -0.305 e. The van der Waals surface area contributed by atoms with Crippen LogP contribution in [0.4, 0.5) is 0 Å². The molecule has 4 atom stereocenters. The average Bonchev–Trinajstić information content (AvgIpc) is 3.08. The van der Waals surface area contributed by atoms with E-state index in [1.165, 1.54) is 96.9 Å². The van der Waals surface area contributed by atoms with Crippen molar-refractivity contribution in [3.63, 3.8) is 0 Å². The van der Waals surface area contributed by atoms with Crippen molar-refractivity contribution in [2.75, 3.05) is 145 Å². The first-order chi connectivity index (χ1) is 24.0. The number of likely N-dealkylation sites (N-methyl/N-ethyl adjacent to an activating group) is 2. The molecule has 1 radical (unpaired) electrons. The smallest absolute Gasteiger partial charge is 0.305 e. The number of alkyl halides is 4. The maximum atomic E-state index is 6.84. The summed E-state index contributed by atoms with van der Waals surface area (Å²) in [7, 11) is 4.41. The van der Waals surface area contributed by atoms with Crippen LogP contribution in [-0.2, 0) is 17.1 Å². The molecule has 4 unspecified atom stereocenters. The van der Waals surface area contributed by atoms with E-state index in [9.17, 15) is 0 Å². The van der Waals surface area contributed by atoms with E-state index in [2.05, 4.69) is 67.1 Å². The third kappa shape index (κ3) is 19.9. The van der Waals surface area contributed by atoms with E-state index in [4.69, 9.17) is 46.4 Å². The first-order valence-electron chi connectivity index (χ1n) is 20.5. The molecule has 301 valence electrons. The molecule has 51 heavy (non-hydrogen) atoms. The van der Waals surface area contributed by atoms with Crippen LogP contribution < -0.4 is 0 Å². The van der Waals surface area contributed by atoms with Crippen molar-refractivity contribution in [1.82, 2.24) is 39.2 Å². The summed E-state index contributed by atoms with van der Waals surface area (Å²) in [6, 6.07) is 0. The van der Waals surface area contributed by atoms with E-state index in [1.54, 1.807) is 0 Å². The summed E-state index contributed by atoms with van der Waals surface area (Å²) in [5.41, 5.74) is 0. The van der Waals surface area contributed by atoms with Crippen molar-refractivity contribution in [3.05, 3.63) is 0 Å². The van der Waals surface area contributed by atoms with Crippen molar-refractivity contribution in [2.24, 2.45) is 0 Å². The molecular formula is C38H76Cl4MnN8+2. The number of nitrogens with zero attached hydrogens (tertiary/aromatic N) is 8. The topological polar surface area (TPSA) is 25.9 Å². The number of hydrogen-bond donors (Lipinski definition) is 0. The van der Waals surface area contributed by atoms with E-state index in [0.717, 1.165) is 111 Å². The van der Waals surface area contributed by atoms with Crippen LogP contribution in [-0.4, -0.2) is 193 Å². The van der Waals surface area contributed by atoms with Gasteiger partial charge in [-0.2, -0.15) is 0 Å². The van der Waals surface area contributed by atoms with Crippen molar-refractivity contribution in [2.45, 2.75) is 99.8 Å². The maximum absolute atomic E-state index is 6.84. The standard InChI is InChI=1S/C21H42Cl2N4.C17H34Cl2N4.Mn/c1-3-4-5-6-7-8-12-25-14-10-21(22,23)27-19-15-24(2)11-9-13-26(17-16-25)18-20-27;1-3-4-8-21-10-6-17(18,19)23-15-11-20(2)7-5-9-22(13-12-21)14-16-23;/h3-20H2,1-2H3;3-16H2,1-2H3;/q;;+2. The second-order valence-corrected chi connectivity index (χ2v) is 18.5. The molecule has 0 spiro atoms. The summed E-state index contributed by atoms with van der Waals surface area (Å²) >= 11 is 27.2. The molecule has 0 aromatic carbocycles. The predicted octanol–water partition coefficient (Wildman–Crippen LogP) is 6.68. The van der Waals surface area contributed by atoms with Gasteiger partial charge in [-0.05, 0) is 79.0 Å². The molecule has 4 bridgehead atoms. The van der Waals surface area contributed by atoms with Gasteiger partial charge in [0, 0.05) is 104 Å². The van der Waals surface area contributed by atoms with Crippen LogP contribution >= 0.6 is 46.4 Å². The Morgan fingerprint density at radius 3 is 1.27 bits per heavy atom. The fourth-order valence-electron chi connectivity index (χ4n) is 7.64. The monoisotopic (exact) mass is 839 g/mol. The molecule has 0 aromatic heterocycles. The van der Waals surface area contributed by atoms with E-state index in [-0.39, 0.29) is 17.1 Å². The van der Waals surface area contributed by atoms with Crippen LogP contribution in [0.3, 0.4) is 0 Å². The summed E-state index contributed by atoms with van der Waals surface area (Å²) in [5.74, 6) is 0. The fourth-order valence-corrected chi connectivity index (χ4v) is 8.66. The third-order valence-corrected chi connectivity index (χ3v) is 13.1. The van der Waals surface area contributed by atoms with E-state index < -0.39 is 8.91 Å². The molecule has 4 aliphatic heterocycles. The summed E-state index contributed by atoms with van der Waals surface area (Å²) in [6.45, 7) is 26.3. The molecule has 4 aliphatic rings. The maximum Gasteiger partial charge on any atom is 2.00 e. The predicted molar refractivity (Wildman–Crippen MR) is 220 cm³/mol. The Labute approximate surface area is 345 Å². The van der Waals surface area contributed by atoms with Crippen molar-refractivity contribution >= 4 is 46.4 Å². The molecule has 0 saturated carbocycles. The molecule has 8 nitrogen and oxygen atoms in total. The van der Waals surface area contributed by atoms with Gasteiger partial charge in [0.15, 0.2) is 8.91 Å². The Hall–Kier alpha value is 1.36. The normalized spacial score (nSPS) is 29.6. The first-order valence-corrected chi connectivity index (χ1v) is 22.1. The molecule has 13 heteroatoms. The van der Waals surface area contributed by atoms with Gasteiger partial charge in [0.2, 0.25) is 0 Å². The molecule has 4 rings (SSSR count). The molecule has 4 heterocycles. The van der Waals surface area contributed by atoms with E-state index in [0.29, 0.717) is 0 Å². The minimum absolute atomic E-state index is 0. The molecule has 4 saturated heterocycles. The van der Waals surface area contributed by atoms with Gasteiger partial charge >= 0.3 is 17.1 Å². The first kappa shape index (κ1) is 48.5. The van der Waals surface area contributed by atoms with Gasteiger partial charge in [-0.15, -0.1) is 0 Å². The molecular weight excluding hydrogens is 765 g/mol. The number of unbranched alkanes of at least 4 members (excludes halogenated alkanes) is 6. The zero-order valence-electron chi connectivity index (χ0n) is 33.1. The van der Waals surface area contributed by atoms with Crippen LogP contribution in [0.5, 0.6) is 0 Å². The number of rotatable bonds is 10. The van der Waals surface area contributed by atoms with Gasteiger partial charge < -0.3 is 29.4 Å². The SMILES string of the molecule is CCCCCCCCN1CCN2CCCN(C)CCN(CC2)C(Cl)(Cl)CC1.CCCCN1CCN2CCCN(C)CCN(CC2)C(Cl)(Cl)CC1.[Mn+2]. The van der Waals surface area contributed by atoms with Gasteiger partial charge in [-0.3, -0.25) is 9.80 Å². The molecule has 0 amide bonds. The second kappa shape index (κ2) is 27.1. The summed E-state index contributed by atoms with van der Waals surface area (Å²) in [4.78, 5) is 19.8. The molecule has 0 N–H and O–H groups in total. The summed E-state index contributed by atoms with van der Waals surface area (Å²) in [5, 5.41) is 0. The summed E-state index contributed by atoms with van der Waals surface area (Å²) in [6.07, 6.45) is 14.8. The van der Waals surface area contributed by atoms with Crippen molar-refractivity contribution in [3.8, 4) is 0 Å². The van der Waals surface area contributed by atoms with Gasteiger partial charge in [0.1, 0.15) is 0 Å². The Bertz CT molecular complexity index is 878. The van der Waals surface area contributed by atoms with Crippen LogP contribution in [0.15, 0.2) is 0 Å². The minimum atomic E-state index is -0.748. The van der Waals surface area contributed by atoms with Crippen LogP contribution in [0, 0.1) is 0 Å². The Morgan fingerprint density at radius 1 is 0.412 bits per heavy atom. The van der Waals surface area contributed by atoms with Gasteiger partial charge in [0.25, 0.3) is 0 Å². The largest absolute Gasteiger partial charge is 2.00 e. The van der Waals surface area contributed by atoms with E-state index in [1.807, 2.05) is 0 Å². The second-order valence-electron chi connectivity index (χ2n) is 15.6. The van der Waals surface area contributed by atoms with Crippen LogP contribution in [0.1, 0.15) is 90.9 Å². The molecule has 4 fully saturated rings. The van der Waals surface area contributed by atoms with Crippen molar-refractivity contribution < 1.29 is 17.1 Å². The zero-order valence-corrected chi connectivity index (χ0v) is 37.3. The molecule has 0 aromatic rings. The Kier molecular flexibility index (Phi) is 25.8. The van der Waals surface area contributed by atoms with Crippen LogP contribution in [0.25, 0.3) is 0 Å². The Balaban J connectivity index is 0.000000351. The van der Waals surface area contributed by atoms with Gasteiger partial charge in [0.05, 0.1) is 0 Å². The zero-order chi connectivity index (χ0) is 36.2. The van der Waals surface area contributed by atoms with Crippen LogP contribution in [0.2, 0.25) is 0 Å². The average molecular weight is 842 g/mol. The van der Waals surface area contributed by atoms with Gasteiger partial charge in [-0.25, -0.2) is 0 Å². The molecule has 0 aliphatic carbocycles. The van der Waals surface area contributed by atoms with Crippen molar-refractivity contribution in [1.29, 1.82) is 0 Å². The third-order valence-electron chi connectivity index (χ3n) is 11.4. The number of fused-ring (bicyclic) bond motifs is 6. The number of hydrogen-bond acceptors (Lipinski definition) is 8. The van der Waals surface area contributed by atoms with Gasteiger partial charge in [-0.1, -0.05) is 98.8 Å². The quantitative estimate of drug-likeness (QED) is 0.104. The van der Waals surface area contributed by atoms with E-state index >= 15 is 0 Å².